The average molecular weight is 316 g/mol. The summed E-state index contributed by atoms with van der Waals surface area (Å²) in [6, 6.07) is 18.9. The van der Waals surface area contributed by atoms with E-state index in [1.165, 1.54) is 35.8 Å². The van der Waals surface area contributed by atoms with E-state index < -0.39 is 0 Å². The molecule has 1 atom stereocenters. The molecule has 0 fully saturated rings. The molecule has 120 valence electrons. The van der Waals surface area contributed by atoms with Gasteiger partial charge in [-0.05, 0) is 35.8 Å². The van der Waals surface area contributed by atoms with Crippen molar-refractivity contribution in [1.29, 1.82) is 0 Å². The quantitative estimate of drug-likeness (QED) is 0.830. The van der Waals surface area contributed by atoms with Crippen LogP contribution < -0.4 is 16.3 Å². The highest BCUT2D eigenvalue weighted by Gasteiger charge is 2.00. The SMILES string of the molecule is CCN(CC)CC.NCc1ccccc1Pc1ccccc1. The van der Waals surface area contributed by atoms with Gasteiger partial charge in [0.1, 0.15) is 0 Å². The highest BCUT2D eigenvalue weighted by molar-refractivity contribution is 7.55. The molecule has 0 heterocycles. The van der Waals surface area contributed by atoms with Crippen molar-refractivity contribution in [3.63, 3.8) is 0 Å². The number of hydrogen-bond donors (Lipinski definition) is 1. The summed E-state index contributed by atoms with van der Waals surface area (Å²) in [5.74, 6) is 0. The fraction of sp³-hybridized carbons (Fsp3) is 0.368. The summed E-state index contributed by atoms with van der Waals surface area (Å²) in [6.07, 6.45) is 0. The molecule has 0 spiro atoms. The van der Waals surface area contributed by atoms with Gasteiger partial charge >= 0.3 is 0 Å². The lowest BCUT2D eigenvalue weighted by atomic mass is 10.2. The lowest BCUT2D eigenvalue weighted by molar-refractivity contribution is 0.321. The molecule has 0 aliphatic rings. The zero-order chi connectivity index (χ0) is 16.2. The Balaban J connectivity index is 0.000000295. The van der Waals surface area contributed by atoms with Crippen LogP contribution in [0.4, 0.5) is 0 Å². The normalized spacial score (nSPS) is 10.8. The molecule has 22 heavy (non-hydrogen) atoms. The van der Waals surface area contributed by atoms with Crippen LogP contribution in [0.2, 0.25) is 0 Å². The molecule has 0 aromatic heterocycles. The summed E-state index contributed by atoms with van der Waals surface area (Å²) in [5.41, 5.74) is 6.96. The van der Waals surface area contributed by atoms with Gasteiger partial charge in [0.05, 0.1) is 0 Å². The van der Waals surface area contributed by atoms with Crippen molar-refractivity contribution in [2.75, 3.05) is 19.6 Å². The van der Waals surface area contributed by atoms with Crippen molar-refractivity contribution < 1.29 is 0 Å². The van der Waals surface area contributed by atoms with Crippen molar-refractivity contribution in [3.05, 3.63) is 60.2 Å². The summed E-state index contributed by atoms with van der Waals surface area (Å²) >= 11 is 0. The van der Waals surface area contributed by atoms with Gasteiger partial charge < -0.3 is 10.6 Å². The molecular formula is C19H29N2P. The lowest BCUT2D eigenvalue weighted by Crippen LogP contribution is -2.21. The van der Waals surface area contributed by atoms with Gasteiger partial charge in [-0.2, -0.15) is 0 Å². The van der Waals surface area contributed by atoms with E-state index in [4.69, 9.17) is 5.73 Å². The third-order valence-electron chi connectivity index (χ3n) is 3.63. The number of nitrogens with zero attached hydrogens (tertiary/aromatic N) is 1. The van der Waals surface area contributed by atoms with Crippen LogP contribution in [-0.4, -0.2) is 24.5 Å². The molecule has 0 aliphatic heterocycles. The van der Waals surface area contributed by atoms with Crippen LogP contribution in [0.25, 0.3) is 0 Å². The highest BCUT2D eigenvalue weighted by atomic mass is 31.1. The average Bonchev–Trinajstić information content (AvgIpc) is 2.58. The minimum Gasteiger partial charge on any atom is -0.326 e. The zero-order valence-corrected chi connectivity index (χ0v) is 15.0. The Labute approximate surface area is 137 Å². The van der Waals surface area contributed by atoms with Crippen molar-refractivity contribution in [3.8, 4) is 0 Å². The number of rotatable bonds is 6. The third kappa shape index (κ3) is 6.70. The van der Waals surface area contributed by atoms with Gasteiger partial charge in [-0.25, -0.2) is 0 Å². The van der Waals surface area contributed by atoms with E-state index >= 15 is 0 Å². The molecule has 0 saturated carbocycles. The van der Waals surface area contributed by atoms with Crippen LogP contribution in [0.15, 0.2) is 54.6 Å². The van der Waals surface area contributed by atoms with E-state index in [1.54, 1.807) is 0 Å². The standard InChI is InChI=1S/C13H14NP.C6H15N/c14-10-11-6-4-5-9-13(11)15-12-7-2-1-3-8-12;1-4-7(5-2)6-3/h1-9,15H,10,14H2;4-6H2,1-3H3. The molecule has 3 heteroatoms. The van der Waals surface area contributed by atoms with Crippen LogP contribution in [-0.2, 0) is 6.54 Å². The Hall–Kier alpha value is -1.21. The third-order valence-corrected chi connectivity index (χ3v) is 5.01. The lowest BCUT2D eigenvalue weighted by Gasteiger charge is -2.13. The molecule has 2 nitrogen and oxygen atoms in total. The van der Waals surface area contributed by atoms with Crippen LogP contribution in [0.5, 0.6) is 0 Å². The van der Waals surface area contributed by atoms with Gasteiger partial charge in [-0.15, -0.1) is 0 Å². The van der Waals surface area contributed by atoms with Crippen molar-refractivity contribution >= 4 is 19.2 Å². The van der Waals surface area contributed by atoms with Gasteiger partial charge in [0.25, 0.3) is 0 Å². The van der Waals surface area contributed by atoms with Crippen molar-refractivity contribution in [1.82, 2.24) is 4.90 Å². The topological polar surface area (TPSA) is 29.3 Å². The van der Waals surface area contributed by atoms with E-state index in [0.717, 1.165) is 0 Å². The molecule has 2 N–H and O–H groups in total. The summed E-state index contributed by atoms with van der Waals surface area (Å²) < 4.78 is 0. The first-order chi connectivity index (χ1) is 10.7. The van der Waals surface area contributed by atoms with E-state index in [9.17, 15) is 0 Å². The van der Waals surface area contributed by atoms with Gasteiger partial charge in [-0.1, -0.05) is 83.9 Å². The molecule has 0 amide bonds. The first kappa shape index (κ1) is 18.8. The monoisotopic (exact) mass is 316 g/mol. The van der Waals surface area contributed by atoms with E-state index in [2.05, 4.69) is 68.1 Å². The summed E-state index contributed by atoms with van der Waals surface area (Å²) in [7, 11) is 0.702. The van der Waals surface area contributed by atoms with Crippen molar-refractivity contribution in [2.45, 2.75) is 27.3 Å². The smallest absolute Gasteiger partial charge is 0.0184 e. The molecule has 1 unspecified atom stereocenters. The van der Waals surface area contributed by atoms with Crippen LogP contribution in [0.3, 0.4) is 0 Å². The predicted molar refractivity (Wildman–Crippen MR) is 102 cm³/mol. The summed E-state index contributed by atoms with van der Waals surface area (Å²) in [4.78, 5) is 2.38. The predicted octanol–water partition coefficient (Wildman–Crippen LogP) is 3.12. The minimum absolute atomic E-state index is 0.621. The Kier molecular flexibility index (Phi) is 9.74. The van der Waals surface area contributed by atoms with E-state index in [-0.39, 0.29) is 0 Å². The molecule has 0 aliphatic carbocycles. The Morgan fingerprint density at radius 2 is 1.36 bits per heavy atom. The zero-order valence-electron chi connectivity index (χ0n) is 14.0. The maximum atomic E-state index is 5.71. The number of hydrogen-bond acceptors (Lipinski definition) is 2. The van der Waals surface area contributed by atoms with Gasteiger partial charge in [0.2, 0.25) is 0 Å². The maximum absolute atomic E-state index is 5.71. The molecule has 0 bridgehead atoms. The van der Waals surface area contributed by atoms with Crippen LogP contribution in [0.1, 0.15) is 26.3 Å². The fourth-order valence-electron chi connectivity index (χ4n) is 2.17. The summed E-state index contributed by atoms with van der Waals surface area (Å²) in [6.45, 7) is 10.7. The first-order valence-electron chi connectivity index (χ1n) is 8.07. The van der Waals surface area contributed by atoms with Crippen molar-refractivity contribution in [2.24, 2.45) is 5.73 Å². The van der Waals surface area contributed by atoms with E-state index in [1.807, 2.05) is 12.1 Å². The Morgan fingerprint density at radius 1 is 0.818 bits per heavy atom. The molecule has 2 rings (SSSR count). The van der Waals surface area contributed by atoms with Gasteiger partial charge in [0, 0.05) is 6.54 Å². The number of nitrogens with two attached hydrogens (primary N) is 1. The van der Waals surface area contributed by atoms with E-state index in [0.29, 0.717) is 15.1 Å². The molecule has 0 saturated heterocycles. The molecule has 0 radical (unpaired) electrons. The summed E-state index contributed by atoms with van der Waals surface area (Å²) in [5, 5.41) is 2.71. The highest BCUT2D eigenvalue weighted by Crippen LogP contribution is 2.12. The molecule has 2 aromatic rings. The Morgan fingerprint density at radius 3 is 1.86 bits per heavy atom. The maximum Gasteiger partial charge on any atom is 0.0184 e. The van der Waals surface area contributed by atoms with Gasteiger partial charge in [-0.3, -0.25) is 0 Å². The van der Waals surface area contributed by atoms with Gasteiger partial charge in [0.15, 0.2) is 0 Å². The molecular weight excluding hydrogens is 287 g/mol. The molecule has 2 aromatic carbocycles. The largest absolute Gasteiger partial charge is 0.326 e. The number of benzene rings is 2. The minimum atomic E-state index is 0.621. The van der Waals surface area contributed by atoms with Crippen LogP contribution >= 0.6 is 8.58 Å². The first-order valence-corrected chi connectivity index (χ1v) is 9.07. The second-order valence-corrected chi connectivity index (χ2v) is 6.34. The second kappa shape index (κ2) is 11.4. The fourth-order valence-corrected chi connectivity index (χ4v) is 3.36. The Bertz CT molecular complexity index is 504. The second-order valence-electron chi connectivity index (χ2n) is 4.97. The van der Waals surface area contributed by atoms with Crippen LogP contribution in [0, 0.1) is 0 Å².